The van der Waals surface area contributed by atoms with Crippen molar-refractivity contribution in [2.75, 3.05) is 26.9 Å². The summed E-state index contributed by atoms with van der Waals surface area (Å²) in [7, 11) is 6.23. The zero-order valence-electron chi connectivity index (χ0n) is 9.07. The van der Waals surface area contributed by atoms with Gasteiger partial charge in [0.1, 0.15) is 0 Å². The third kappa shape index (κ3) is 5.24. The van der Waals surface area contributed by atoms with Crippen LogP contribution in [0.2, 0.25) is 0 Å². The Bertz CT molecular complexity index is 219. The molecule has 0 N–H and O–H groups in total. The van der Waals surface area contributed by atoms with Gasteiger partial charge in [-0.3, -0.25) is 4.79 Å². The van der Waals surface area contributed by atoms with E-state index in [1.54, 1.807) is 0 Å². The lowest BCUT2D eigenvalue weighted by molar-refractivity contribution is -0.885. The summed E-state index contributed by atoms with van der Waals surface area (Å²) in [6.07, 6.45) is 1.05. The van der Waals surface area contributed by atoms with Crippen LogP contribution in [0.25, 0.3) is 0 Å². The quantitative estimate of drug-likeness (QED) is 0.557. The molecular weight excluding hydrogens is 202 g/mol. The maximum Gasteiger partial charge on any atom is 0.246 e. The molecule has 0 spiro atoms. The number of likely N-dealkylation sites (N-methyl/N-ethyl adjacent to an activating group) is 1. The molecule has 82 valence electrons. The van der Waals surface area contributed by atoms with E-state index in [9.17, 15) is 4.79 Å². The van der Waals surface area contributed by atoms with Crippen LogP contribution >= 0.6 is 11.8 Å². The van der Waals surface area contributed by atoms with E-state index in [0.717, 1.165) is 23.6 Å². The lowest BCUT2D eigenvalue weighted by Gasteiger charge is -2.29. The molecule has 0 saturated carbocycles. The molecule has 1 aliphatic heterocycles. The number of hydrogen-bond acceptors (Lipinski definition) is 4. The molecule has 0 aromatic rings. The van der Waals surface area contributed by atoms with Gasteiger partial charge < -0.3 is 14.4 Å². The van der Waals surface area contributed by atoms with Gasteiger partial charge in [-0.05, 0) is 6.92 Å². The fourth-order valence-electron chi connectivity index (χ4n) is 1.19. The van der Waals surface area contributed by atoms with Crippen molar-refractivity contribution in [1.82, 2.24) is 0 Å². The van der Waals surface area contributed by atoms with Crippen molar-refractivity contribution < 1.29 is 19.2 Å². The number of aliphatic carboxylic acids is 1. The number of carbonyl (C=O) groups excluding carboxylic acids is 2. The highest BCUT2D eigenvalue weighted by Crippen LogP contribution is 2.25. The Hall–Kier alpha value is -0.550. The van der Waals surface area contributed by atoms with Crippen molar-refractivity contribution in [3.05, 3.63) is 0 Å². The molecule has 1 aliphatic rings. The van der Waals surface area contributed by atoms with Crippen molar-refractivity contribution in [2.24, 2.45) is 0 Å². The zero-order valence-corrected chi connectivity index (χ0v) is 9.89. The Morgan fingerprint density at radius 3 is 2.07 bits per heavy atom. The number of thioether (sulfide) groups is 1. The van der Waals surface area contributed by atoms with Gasteiger partial charge in [-0.15, -0.1) is 0 Å². The summed E-state index contributed by atoms with van der Waals surface area (Å²) in [5.41, 5.74) is 0. The molecule has 1 saturated heterocycles. The van der Waals surface area contributed by atoms with Crippen molar-refractivity contribution in [2.45, 2.75) is 19.4 Å². The smallest absolute Gasteiger partial charge is 0.246 e. The topological polar surface area (TPSA) is 57.2 Å². The van der Waals surface area contributed by atoms with Crippen LogP contribution in [0.5, 0.6) is 0 Å². The van der Waals surface area contributed by atoms with Crippen LogP contribution in [0.1, 0.15) is 13.3 Å². The van der Waals surface area contributed by atoms with Gasteiger partial charge in [-0.1, -0.05) is 11.8 Å². The molecule has 0 aromatic heterocycles. The van der Waals surface area contributed by atoms with Crippen LogP contribution < -0.4 is 5.11 Å². The zero-order chi connectivity index (χ0) is 11.4. The van der Waals surface area contributed by atoms with E-state index in [1.165, 1.54) is 11.8 Å². The van der Waals surface area contributed by atoms with E-state index in [4.69, 9.17) is 9.90 Å². The first-order valence-electron chi connectivity index (χ1n) is 4.40. The van der Waals surface area contributed by atoms with E-state index in [2.05, 4.69) is 21.1 Å². The summed E-state index contributed by atoms with van der Waals surface area (Å²) in [4.78, 5) is 20.1. The van der Waals surface area contributed by atoms with Gasteiger partial charge in [0.15, 0.2) is 6.04 Å². The SMILES string of the molecule is CC(=O)[O-].C[N+](C)(C)C1CCSC1=O. The highest BCUT2D eigenvalue weighted by molar-refractivity contribution is 8.14. The van der Waals surface area contributed by atoms with Crippen LogP contribution in [0.15, 0.2) is 0 Å². The van der Waals surface area contributed by atoms with Gasteiger partial charge in [-0.25, -0.2) is 0 Å². The number of quaternary nitrogens is 1. The molecule has 0 amide bonds. The summed E-state index contributed by atoms with van der Waals surface area (Å²) in [6.45, 7) is 0.972. The van der Waals surface area contributed by atoms with E-state index in [0.29, 0.717) is 5.12 Å². The fraction of sp³-hybridized carbons (Fsp3) is 0.778. The molecule has 1 unspecified atom stereocenters. The molecule has 14 heavy (non-hydrogen) atoms. The number of carbonyl (C=O) groups is 2. The molecule has 0 bridgehead atoms. The monoisotopic (exact) mass is 219 g/mol. The highest BCUT2D eigenvalue weighted by Gasteiger charge is 2.35. The van der Waals surface area contributed by atoms with Gasteiger partial charge in [0.25, 0.3) is 0 Å². The predicted molar refractivity (Wildman–Crippen MR) is 54.6 cm³/mol. The molecule has 1 heterocycles. The average molecular weight is 219 g/mol. The van der Waals surface area contributed by atoms with E-state index < -0.39 is 5.97 Å². The van der Waals surface area contributed by atoms with Crippen LogP contribution in [0.3, 0.4) is 0 Å². The van der Waals surface area contributed by atoms with Crippen molar-refractivity contribution in [3.8, 4) is 0 Å². The third-order valence-electron chi connectivity index (χ3n) is 1.84. The van der Waals surface area contributed by atoms with E-state index >= 15 is 0 Å². The molecule has 0 aromatic carbocycles. The summed E-state index contributed by atoms with van der Waals surface area (Å²) < 4.78 is 0.784. The molecule has 0 aliphatic carbocycles. The minimum atomic E-state index is -1.08. The first kappa shape index (κ1) is 13.4. The Labute approximate surface area is 88.9 Å². The number of nitrogens with zero attached hydrogens (tertiary/aromatic N) is 1. The normalized spacial score (nSPS) is 21.4. The second-order valence-electron chi connectivity index (χ2n) is 4.08. The molecule has 4 nitrogen and oxygen atoms in total. The van der Waals surface area contributed by atoms with E-state index in [1.807, 2.05) is 0 Å². The van der Waals surface area contributed by atoms with Crippen LogP contribution in [-0.4, -0.2) is 48.5 Å². The first-order chi connectivity index (χ1) is 6.25. The van der Waals surface area contributed by atoms with Crippen LogP contribution in [0.4, 0.5) is 0 Å². The Morgan fingerprint density at radius 2 is 1.93 bits per heavy atom. The molecule has 1 fully saturated rings. The van der Waals surface area contributed by atoms with E-state index in [-0.39, 0.29) is 6.04 Å². The van der Waals surface area contributed by atoms with Gasteiger partial charge in [0, 0.05) is 18.1 Å². The van der Waals surface area contributed by atoms with Crippen LogP contribution in [0, 0.1) is 0 Å². The standard InChI is InChI=1S/C7H14NOS.C2H4O2/c1-8(2,3)6-4-5-10-7(6)9;1-2(3)4/h6H,4-5H2,1-3H3;1H3,(H,3,4)/q+1;/p-1. The van der Waals surface area contributed by atoms with Crippen molar-refractivity contribution in [1.29, 1.82) is 0 Å². The number of carboxylic acid groups (broad SMARTS) is 1. The second-order valence-corrected chi connectivity index (χ2v) is 5.18. The molecule has 1 atom stereocenters. The van der Waals surface area contributed by atoms with Gasteiger partial charge in [0.2, 0.25) is 5.12 Å². The highest BCUT2D eigenvalue weighted by atomic mass is 32.2. The third-order valence-corrected chi connectivity index (χ3v) is 2.84. The average Bonchev–Trinajstić information content (AvgIpc) is 2.31. The molecular formula is C9H17NO3S. The van der Waals surface area contributed by atoms with Gasteiger partial charge >= 0.3 is 0 Å². The molecule has 1 rings (SSSR count). The lowest BCUT2D eigenvalue weighted by atomic mass is 10.2. The number of carboxylic acids is 1. The lowest BCUT2D eigenvalue weighted by Crippen LogP contribution is -2.46. The maximum absolute atomic E-state index is 11.2. The van der Waals surface area contributed by atoms with Crippen LogP contribution in [-0.2, 0) is 9.59 Å². The minimum Gasteiger partial charge on any atom is -0.550 e. The summed E-state index contributed by atoms with van der Waals surface area (Å²) in [5.74, 6) is -0.0704. The number of rotatable bonds is 1. The Morgan fingerprint density at radius 1 is 1.50 bits per heavy atom. The maximum atomic E-state index is 11.2. The molecule has 5 heteroatoms. The molecule has 0 radical (unpaired) electrons. The first-order valence-corrected chi connectivity index (χ1v) is 5.39. The second kappa shape index (κ2) is 5.36. The Balaban J connectivity index is 0.000000364. The fourth-order valence-corrected chi connectivity index (χ4v) is 2.36. The van der Waals surface area contributed by atoms with Crippen molar-refractivity contribution in [3.63, 3.8) is 0 Å². The minimum absolute atomic E-state index is 0.241. The summed E-state index contributed by atoms with van der Waals surface area (Å²) >= 11 is 1.48. The number of hydrogen-bond donors (Lipinski definition) is 0. The van der Waals surface area contributed by atoms with Gasteiger partial charge in [-0.2, -0.15) is 0 Å². The van der Waals surface area contributed by atoms with Crippen molar-refractivity contribution >= 4 is 22.8 Å². The summed E-state index contributed by atoms with van der Waals surface area (Å²) in [5, 5.41) is 9.26. The predicted octanol–water partition coefficient (Wildman–Crippen LogP) is -0.519. The van der Waals surface area contributed by atoms with Gasteiger partial charge in [0.05, 0.1) is 21.1 Å². The summed E-state index contributed by atoms with van der Waals surface area (Å²) in [6, 6.07) is 0.241. The Kier molecular flexibility index (Phi) is 5.15. The largest absolute Gasteiger partial charge is 0.550 e.